The van der Waals surface area contributed by atoms with Crippen LogP contribution in [0.2, 0.25) is 0 Å². The van der Waals surface area contributed by atoms with Crippen LogP contribution in [0.1, 0.15) is 18.7 Å². The van der Waals surface area contributed by atoms with Crippen LogP contribution >= 0.6 is 0 Å². The number of nitro groups is 2. The van der Waals surface area contributed by atoms with E-state index >= 15 is 0 Å². The minimum Gasteiger partial charge on any atom is -0.463 e. The van der Waals surface area contributed by atoms with Crippen LogP contribution in [0.25, 0.3) is 0 Å². The van der Waals surface area contributed by atoms with E-state index in [1.807, 2.05) is 0 Å². The molecule has 0 saturated heterocycles. The molecule has 180 valence electrons. The van der Waals surface area contributed by atoms with E-state index in [1.165, 1.54) is 45.9 Å². The lowest BCUT2D eigenvalue weighted by atomic mass is 10.3. The number of aromatic nitrogens is 4. The first kappa shape index (κ1) is 24.5. The summed E-state index contributed by atoms with van der Waals surface area (Å²) in [6.45, 7) is 0.223. The summed E-state index contributed by atoms with van der Waals surface area (Å²) in [7, 11) is -4.55. The van der Waals surface area contributed by atoms with Gasteiger partial charge in [-0.05, 0) is 17.1 Å². The van der Waals surface area contributed by atoms with Gasteiger partial charge in [-0.3, -0.25) is 19.1 Å². The largest absolute Gasteiger partial charge is 0.463 e. The van der Waals surface area contributed by atoms with Crippen molar-refractivity contribution in [1.29, 1.82) is 0 Å². The van der Waals surface area contributed by atoms with Gasteiger partial charge in [-0.15, -0.1) is 5.10 Å². The van der Waals surface area contributed by atoms with E-state index in [2.05, 4.69) is 10.3 Å². The summed E-state index contributed by atoms with van der Waals surface area (Å²) in [5.74, 6) is -0.806. The first-order valence-electron chi connectivity index (χ1n) is 9.55. The number of carbonyl (C=O) groups excluding carboxylic acids is 1. The maximum atomic E-state index is 12.6. The van der Waals surface area contributed by atoms with Crippen molar-refractivity contribution in [2.75, 3.05) is 13.2 Å². The first-order chi connectivity index (χ1) is 16.1. The number of ether oxygens (including phenoxy) is 1. The predicted molar refractivity (Wildman–Crippen MR) is 112 cm³/mol. The van der Waals surface area contributed by atoms with Crippen LogP contribution in [0.5, 0.6) is 0 Å². The number of hydrogen-bond acceptors (Lipinski definition) is 11. The Morgan fingerprint density at radius 2 is 1.85 bits per heavy atom. The third-order valence-electron chi connectivity index (χ3n) is 4.48. The van der Waals surface area contributed by atoms with Gasteiger partial charge in [-0.2, -0.15) is 8.42 Å². The summed E-state index contributed by atoms with van der Waals surface area (Å²) in [4.78, 5) is 31.5. The average molecular weight is 494 g/mol. The fourth-order valence-electron chi connectivity index (χ4n) is 2.91. The van der Waals surface area contributed by atoms with Crippen LogP contribution in [0.4, 0.5) is 11.5 Å². The predicted octanol–water partition coefficient (Wildman–Crippen LogP) is 1.45. The first-order valence-corrected chi connectivity index (χ1v) is 11.0. The number of hydrogen-bond donors (Lipinski definition) is 0. The van der Waals surface area contributed by atoms with Crippen molar-refractivity contribution in [2.24, 2.45) is 0 Å². The van der Waals surface area contributed by atoms with Gasteiger partial charge in [0.2, 0.25) is 0 Å². The minimum atomic E-state index is -4.55. The summed E-state index contributed by atoms with van der Waals surface area (Å²) in [5.41, 5.74) is -0.357. The van der Waals surface area contributed by atoms with Crippen LogP contribution in [0.3, 0.4) is 0 Å². The number of para-hydroxylation sites is 1. The molecular weight excluding hydrogens is 476 g/mol. The number of carbonyl (C=O) groups is 1. The van der Waals surface area contributed by atoms with E-state index in [4.69, 9.17) is 8.92 Å². The number of benzene rings is 1. The average Bonchev–Trinajstić information content (AvgIpc) is 3.43. The number of nitrogens with zero attached hydrogens (tertiary/aromatic N) is 6. The highest BCUT2D eigenvalue weighted by Crippen LogP contribution is 2.25. The van der Waals surface area contributed by atoms with Crippen LogP contribution in [-0.4, -0.2) is 57.0 Å². The molecule has 34 heavy (non-hydrogen) atoms. The zero-order chi connectivity index (χ0) is 24.9. The van der Waals surface area contributed by atoms with Crippen molar-refractivity contribution in [1.82, 2.24) is 19.6 Å². The highest BCUT2D eigenvalue weighted by Gasteiger charge is 2.28. The Hall–Kier alpha value is -4.18. The van der Waals surface area contributed by atoms with Crippen LogP contribution in [0.15, 0.2) is 53.7 Å². The molecule has 0 radical (unpaired) electrons. The van der Waals surface area contributed by atoms with E-state index in [1.54, 1.807) is 0 Å². The second kappa shape index (κ2) is 10.2. The standard InChI is InChI=1S/C18H18N6O9S/c1-13(25)32-11-15(12-33-34(30,31)17-6-3-2-5-16(17)23(26)27)22-10-14(19-20-22)9-21-8-4-7-18(21)24(28)29/h2-8,10,15H,9,11-12H2,1H3. The van der Waals surface area contributed by atoms with E-state index in [-0.39, 0.29) is 19.0 Å². The SMILES string of the molecule is CC(=O)OCC(COS(=O)(=O)c1ccccc1[N+](=O)[O-])n1cc(Cn2cccc2[N+](=O)[O-])nn1. The molecule has 0 bridgehead atoms. The monoisotopic (exact) mass is 494 g/mol. The molecule has 2 heterocycles. The maximum absolute atomic E-state index is 12.6. The molecule has 0 spiro atoms. The highest BCUT2D eigenvalue weighted by molar-refractivity contribution is 7.87. The topological polar surface area (TPSA) is 192 Å². The second-order valence-electron chi connectivity index (χ2n) is 6.86. The van der Waals surface area contributed by atoms with Crippen molar-refractivity contribution in [3.8, 4) is 0 Å². The van der Waals surface area contributed by atoms with Gasteiger partial charge in [0.25, 0.3) is 5.69 Å². The van der Waals surface area contributed by atoms with Gasteiger partial charge in [0.15, 0.2) is 4.90 Å². The van der Waals surface area contributed by atoms with Crippen molar-refractivity contribution >= 4 is 27.6 Å². The number of esters is 1. The van der Waals surface area contributed by atoms with Crippen LogP contribution < -0.4 is 0 Å². The highest BCUT2D eigenvalue weighted by atomic mass is 32.2. The molecule has 0 fully saturated rings. The second-order valence-corrected chi connectivity index (χ2v) is 8.44. The molecule has 3 rings (SSSR count). The molecule has 1 unspecified atom stereocenters. The van der Waals surface area contributed by atoms with Crippen LogP contribution in [0, 0.1) is 20.2 Å². The lowest BCUT2D eigenvalue weighted by Gasteiger charge is -2.16. The van der Waals surface area contributed by atoms with Gasteiger partial charge >= 0.3 is 21.9 Å². The molecule has 0 saturated carbocycles. The summed E-state index contributed by atoms with van der Waals surface area (Å²) in [6, 6.07) is 6.52. The fraction of sp³-hybridized carbons (Fsp3) is 0.278. The van der Waals surface area contributed by atoms with Gasteiger partial charge in [0.05, 0.1) is 23.9 Å². The van der Waals surface area contributed by atoms with Gasteiger partial charge in [-0.1, -0.05) is 17.3 Å². The minimum absolute atomic E-state index is 0.00103. The summed E-state index contributed by atoms with van der Waals surface area (Å²) < 4.78 is 37.7. The Balaban J connectivity index is 1.80. The Bertz CT molecular complexity index is 1320. The molecule has 1 atom stereocenters. The van der Waals surface area contributed by atoms with Gasteiger partial charge in [0, 0.05) is 19.1 Å². The Morgan fingerprint density at radius 3 is 2.53 bits per heavy atom. The quantitative estimate of drug-likeness (QED) is 0.162. The van der Waals surface area contributed by atoms with Gasteiger partial charge in [-0.25, -0.2) is 9.25 Å². The van der Waals surface area contributed by atoms with E-state index in [9.17, 15) is 33.4 Å². The number of nitro benzene ring substituents is 1. The Kier molecular flexibility index (Phi) is 7.32. The van der Waals surface area contributed by atoms with E-state index in [0.29, 0.717) is 5.69 Å². The third-order valence-corrected chi connectivity index (χ3v) is 5.81. The molecule has 16 heteroatoms. The summed E-state index contributed by atoms with van der Waals surface area (Å²) in [6.07, 6.45) is 2.87. The van der Waals surface area contributed by atoms with Crippen molar-refractivity contribution in [3.05, 3.63) is 74.7 Å². The lowest BCUT2D eigenvalue weighted by Crippen LogP contribution is -2.24. The van der Waals surface area contributed by atoms with Gasteiger partial charge in [0.1, 0.15) is 24.9 Å². The summed E-state index contributed by atoms with van der Waals surface area (Å²) in [5, 5.41) is 30.0. The zero-order valence-electron chi connectivity index (χ0n) is 17.6. The molecule has 2 aromatic heterocycles. The molecular formula is C18H18N6O9S. The molecule has 1 aromatic carbocycles. The molecule has 0 aliphatic rings. The number of rotatable bonds is 11. The molecule has 0 aliphatic heterocycles. The lowest BCUT2D eigenvalue weighted by molar-refractivity contribution is -0.391. The molecule has 15 nitrogen and oxygen atoms in total. The van der Waals surface area contributed by atoms with Crippen molar-refractivity contribution < 1.29 is 32.0 Å². The smallest absolute Gasteiger partial charge is 0.323 e. The van der Waals surface area contributed by atoms with Crippen molar-refractivity contribution in [3.63, 3.8) is 0 Å². The Labute approximate surface area is 191 Å². The molecule has 3 aromatic rings. The molecule has 0 N–H and O–H groups in total. The third kappa shape index (κ3) is 5.78. The zero-order valence-corrected chi connectivity index (χ0v) is 18.4. The van der Waals surface area contributed by atoms with Crippen LogP contribution in [-0.2, 0) is 30.4 Å². The van der Waals surface area contributed by atoms with E-state index in [0.717, 1.165) is 19.1 Å². The maximum Gasteiger partial charge on any atom is 0.323 e. The molecule has 0 amide bonds. The normalized spacial score (nSPS) is 12.3. The van der Waals surface area contributed by atoms with E-state index < -0.39 is 49.2 Å². The molecule has 0 aliphatic carbocycles. The van der Waals surface area contributed by atoms with Crippen molar-refractivity contribution in [2.45, 2.75) is 24.4 Å². The Morgan fingerprint density at radius 1 is 1.12 bits per heavy atom. The fourth-order valence-corrected chi connectivity index (χ4v) is 4.02. The van der Waals surface area contributed by atoms with Gasteiger partial charge < -0.3 is 14.9 Å². The summed E-state index contributed by atoms with van der Waals surface area (Å²) >= 11 is 0.